The molecule has 6 heteroatoms. The number of unbranched alkanes of at least 4 members (excludes halogenated alkanes) is 1. The number of thiazole rings is 1. The van der Waals surface area contributed by atoms with Gasteiger partial charge in [0.2, 0.25) is 0 Å². The lowest BCUT2D eigenvalue weighted by molar-refractivity contribution is -0.142. The second-order valence-corrected chi connectivity index (χ2v) is 5.97. The molecule has 0 bridgehead atoms. The molecule has 2 rings (SSSR count). The quantitative estimate of drug-likeness (QED) is 0.624. The van der Waals surface area contributed by atoms with Crippen molar-refractivity contribution < 1.29 is 14.3 Å². The Balaban J connectivity index is 1.91. The zero-order valence-electron chi connectivity index (χ0n) is 13.3. The third-order valence-electron chi connectivity index (χ3n) is 3.27. The molecule has 1 amide bonds. The van der Waals surface area contributed by atoms with Crippen LogP contribution in [0.4, 0.5) is 0 Å². The molecule has 0 aliphatic heterocycles. The number of nitrogens with zero attached hydrogens (tertiary/aromatic N) is 1. The van der Waals surface area contributed by atoms with Gasteiger partial charge in [-0.25, -0.2) is 4.98 Å². The van der Waals surface area contributed by atoms with Crippen LogP contribution in [-0.2, 0) is 9.53 Å². The monoisotopic (exact) mass is 332 g/mol. The summed E-state index contributed by atoms with van der Waals surface area (Å²) in [6.45, 7) is 4.27. The maximum absolute atomic E-state index is 12.0. The van der Waals surface area contributed by atoms with Crippen molar-refractivity contribution in [1.82, 2.24) is 10.3 Å². The van der Waals surface area contributed by atoms with Crippen LogP contribution in [0.3, 0.4) is 0 Å². The number of rotatable bonds is 7. The molecule has 0 aliphatic carbocycles. The zero-order valence-corrected chi connectivity index (χ0v) is 14.1. The molecular formula is C17H20N2O3S. The van der Waals surface area contributed by atoms with Gasteiger partial charge in [0, 0.05) is 10.9 Å². The average molecular weight is 332 g/mol. The van der Waals surface area contributed by atoms with E-state index in [1.165, 1.54) is 11.3 Å². The Labute approximate surface area is 139 Å². The molecule has 0 atom stereocenters. The van der Waals surface area contributed by atoms with Crippen LogP contribution in [0.15, 0.2) is 29.6 Å². The van der Waals surface area contributed by atoms with Crippen molar-refractivity contribution >= 4 is 23.2 Å². The van der Waals surface area contributed by atoms with E-state index in [0.717, 1.165) is 29.0 Å². The predicted molar refractivity (Wildman–Crippen MR) is 90.5 cm³/mol. The van der Waals surface area contributed by atoms with Gasteiger partial charge >= 0.3 is 5.97 Å². The summed E-state index contributed by atoms with van der Waals surface area (Å²) in [7, 11) is 0. The Morgan fingerprint density at radius 1 is 1.30 bits per heavy atom. The van der Waals surface area contributed by atoms with Crippen LogP contribution >= 0.6 is 11.3 Å². The molecule has 2 aromatic rings. The SMILES string of the molecule is CCCCOC(=O)CNC(=O)c1csc(-c2ccccc2C)n1. The fourth-order valence-corrected chi connectivity index (χ4v) is 2.83. The van der Waals surface area contributed by atoms with Crippen LogP contribution < -0.4 is 5.32 Å². The summed E-state index contributed by atoms with van der Waals surface area (Å²) in [5.74, 6) is -0.797. The number of carbonyl (C=O) groups excluding carboxylic acids is 2. The maximum Gasteiger partial charge on any atom is 0.325 e. The normalized spacial score (nSPS) is 10.3. The smallest absolute Gasteiger partial charge is 0.325 e. The second-order valence-electron chi connectivity index (χ2n) is 5.11. The molecule has 1 aromatic heterocycles. The van der Waals surface area contributed by atoms with Crippen LogP contribution in [0.1, 0.15) is 35.8 Å². The molecule has 1 aromatic carbocycles. The summed E-state index contributed by atoms with van der Waals surface area (Å²) in [5, 5.41) is 5.02. The summed E-state index contributed by atoms with van der Waals surface area (Å²) >= 11 is 1.41. The number of aromatic nitrogens is 1. The van der Waals surface area contributed by atoms with Gasteiger partial charge in [-0.1, -0.05) is 37.6 Å². The van der Waals surface area contributed by atoms with Crippen molar-refractivity contribution in [1.29, 1.82) is 0 Å². The number of esters is 1. The first kappa shape index (κ1) is 17.1. The van der Waals surface area contributed by atoms with E-state index in [-0.39, 0.29) is 12.5 Å². The van der Waals surface area contributed by atoms with E-state index < -0.39 is 5.97 Å². The maximum atomic E-state index is 12.0. The van der Waals surface area contributed by atoms with E-state index in [1.54, 1.807) is 5.38 Å². The standard InChI is InChI=1S/C17H20N2O3S/c1-3-4-9-22-15(20)10-18-16(21)14-11-23-17(19-14)13-8-6-5-7-12(13)2/h5-8,11H,3-4,9-10H2,1-2H3,(H,18,21). The zero-order chi connectivity index (χ0) is 16.7. The number of ether oxygens (including phenoxy) is 1. The van der Waals surface area contributed by atoms with Gasteiger partial charge in [-0.15, -0.1) is 11.3 Å². The first-order chi connectivity index (χ1) is 11.1. The highest BCUT2D eigenvalue weighted by molar-refractivity contribution is 7.13. The van der Waals surface area contributed by atoms with Gasteiger partial charge in [-0.3, -0.25) is 9.59 Å². The molecule has 0 aliphatic rings. The third kappa shape index (κ3) is 4.89. The van der Waals surface area contributed by atoms with Gasteiger partial charge in [0.05, 0.1) is 6.61 Å². The molecule has 0 fully saturated rings. The van der Waals surface area contributed by atoms with E-state index in [4.69, 9.17) is 4.74 Å². The molecule has 122 valence electrons. The van der Waals surface area contributed by atoms with Crippen molar-refractivity contribution in [3.63, 3.8) is 0 Å². The van der Waals surface area contributed by atoms with Gasteiger partial charge in [0.1, 0.15) is 17.2 Å². The minimum atomic E-state index is -0.429. The number of hydrogen-bond acceptors (Lipinski definition) is 5. The topological polar surface area (TPSA) is 68.3 Å². The van der Waals surface area contributed by atoms with Gasteiger partial charge in [0.25, 0.3) is 5.91 Å². The highest BCUT2D eigenvalue weighted by atomic mass is 32.1. The van der Waals surface area contributed by atoms with Gasteiger partial charge in [0.15, 0.2) is 0 Å². The second kappa shape index (κ2) is 8.43. The Morgan fingerprint density at radius 2 is 2.09 bits per heavy atom. The Hall–Kier alpha value is -2.21. The van der Waals surface area contributed by atoms with Crippen LogP contribution in [0.5, 0.6) is 0 Å². The predicted octanol–water partition coefficient (Wildman–Crippen LogP) is 3.19. The largest absolute Gasteiger partial charge is 0.464 e. The highest BCUT2D eigenvalue weighted by Gasteiger charge is 2.14. The van der Waals surface area contributed by atoms with Crippen LogP contribution in [0.25, 0.3) is 10.6 Å². The fourth-order valence-electron chi connectivity index (χ4n) is 1.94. The summed E-state index contributed by atoms with van der Waals surface area (Å²) in [6.07, 6.45) is 1.78. The number of benzene rings is 1. The first-order valence-corrected chi connectivity index (χ1v) is 8.45. The number of aryl methyl sites for hydroxylation is 1. The van der Waals surface area contributed by atoms with E-state index in [1.807, 2.05) is 38.1 Å². The number of hydrogen-bond donors (Lipinski definition) is 1. The van der Waals surface area contributed by atoms with Crippen molar-refractivity contribution in [2.75, 3.05) is 13.2 Å². The summed E-state index contributed by atoms with van der Waals surface area (Å²) in [4.78, 5) is 27.9. The summed E-state index contributed by atoms with van der Waals surface area (Å²) in [6, 6.07) is 7.88. The first-order valence-electron chi connectivity index (χ1n) is 7.57. The van der Waals surface area contributed by atoms with E-state index in [0.29, 0.717) is 12.3 Å². The molecule has 0 radical (unpaired) electrons. The van der Waals surface area contributed by atoms with Gasteiger partial charge in [-0.05, 0) is 18.9 Å². The summed E-state index contributed by atoms with van der Waals surface area (Å²) < 4.78 is 4.99. The Kier molecular flexibility index (Phi) is 6.29. The van der Waals surface area contributed by atoms with Crippen LogP contribution in [0.2, 0.25) is 0 Å². The number of amides is 1. The lowest BCUT2D eigenvalue weighted by Crippen LogP contribution is -2.31. The van der Waals surface area contributed by atoms with Crippen LogP contribution in [-0.4, -0.2) is 30.0 Å². The third-order valence-corrected chi connectivity index (χ3v) is 4.14. The fraction of sp³-hybridized carbons (Fsp3) is 0.353. The van der Waals surface area contributed by atoms with E-state index in [9.17, 15) is 9.59 Å². The van der Waals surface area contributed by atoms with Crippen molar-refractivity contribution in [2.45, 2.75) is 26.7 Å². The highest BCUT2D eigenvalue weighted by Crippen LogP contribution is 2.26. The summed E-state index contributed by atoms with van der Waals surface area (Å²) in [5.41, 5.74) is 2.43. The van der Waals surface area contributed by atoms with Crippen molar-refractivity contribution in [3.8, 4) is 10.6 Å². The van der Waals surface area contributed by atoms with E-state index >= 15 is 0 Å². The molecule has 1 N–H and O–H groups in total. The lowest BCUT2D eigenvalue weighted by atomic mass is 10.1. The minimum absolute atomic E-state index is 0.139. The van der Waals surface area contributed by atoms with Crippen molar-refractivity contribution in [2.24, 2.45) is 0 Å². The van der Waals surface area contributed by atoms with Gasteiger partial charge in [-0.2, -0.15) is 0 Å². The van der Waals surface area contributed by atoms with Gasteiger partial charge < -0.3 is 10.1 Å². The van der Waals surface area contributed by atoms with Crippen molar-refractivity contribution in [3.05, 3.63) is 40.9 Å². The van der Waals surface area contributed by atoms with E-state index in [2.05, 4.69) is 10.3 Å². The number of nitrogens with one attached hydrogen (secondary N) is 1. The molecule has 0 saturated carbocycles. The molecule has 0 saturated heterocycles. The lowest BCUT2D eigenvalue weighted by Gasteiger charge is -2.04. The Morgan fingerprint density at radius 3 is 2.83 bits per heavy atom. The molecular weight excluding hydrogens is 312 g/mol. The Bertz CT molecular complexity index is 682. The molecule has 23 heavy (non-hydrogen) atoms. The van der Waals surface area contributed by atoms with Crippen LogP contribution in [0, 0.1) is 6.92 Å². The number of carbonyl (C=O) groups is 2. The molecule has 5 nitrogen and oxygen atoms in total. The minimum Gasteiger partial charge on any atom is -0.464 e. The molecule has 0 unspecified atom stereocenters. The average Bonchev–Trinajstić information content (AvgIpc) is 3.03. The molecule has 1 heterocycles. The molecule has 0 spiro atoms.